The van der Waals surface area contributed by atoms with Crippen molar-refractivity contribution in [2.24, 2.45) is 50.7 Å². The number of aliphatic hydroxyl groups excluding tert-OH is 1. The summed E-state index contributed by atoms with van der Waals surface area (Å²) in [6, 6.07) is 0. The minimum atomic E-state index is -2.71. The van der Waals surface area contributed by atoms with Gasteiger partial charge in [-0.1, -0.05) is 25.1 Å². The summed E-state index contributed by atoms with van der Waals surface area (Å²) in [5.74, 6) is 3.65. The third kappa shape index (κ3) is 5.59. The number of hydrogen-bond acceptors (Lipinski definition) is 5. The van der Waals surface area contributed by atoms with Crippen LogP contribution in [0.4, 0.5) is 0 Å². The van der Waals surface area contributed by atoms with Crippen molar-refractivity contribution in [2.45, 2.75) is 110 Å². The van der Waals surface area contributed by atoms with E-state index in [1.54, 1.807) is 0 Å². The van der Waals surface area contributed by atoms with Gasteiger partial charge in [-0.05, 0) is 117 Å². The summed E-state index contributed by atoms with van der Waals surface area (Å²) in [5, 5.41) is 13.1. The summed E-state index contributed by atoms with van der Waals surface area (Å²) in [5.41, 5.74) is 0.788. The van der Waals surface area contributed by atoms with Gasteiger partial charge in [-0.2, -0.15) is 8.42 Å². The molecule has 0 aromatic rings. The number of hydrogen-bond donors (Lipinski definition) is 2. The van der Waals surface area contributed by atoms with Gasteiger partial charge in [-0.15, -0.1) is 0 Å². The highest BCUT2D eigenvalue weighted by Crippen LogP contribution is 2.68. The van der Waals surface area contributed by atoms with Gasteiger partial charge in [0, 0.05) is 19.4 Å². The molecule has 0 radical (unpaired) electrons. The second-order valence-corrected chi connectivity index (χ2v) is 13.6. The summed E-state index contributed by atoms with van der Waals surface area (Å²) in [4.78, 5) is 23.7. The Hall–Kier alpha value is -1.28. The maximum absolute atomic E-state index is 12.4. The highest BCUT2D eigenvalue weighted by Gasteiger charge is 2.60. The Labute approximate surface area is 218 Å². The lowest BCUT2D eigenvalue weighted by molar-refractivity contribution is -0.130. The van der Waals surface area contributed by atoms with Gasteiger partial charge >= 0.3 is 10.5 Å². The van der Waals surface area contributed by atoms with Crippen LogP contribution in [0.5, 0.6) is 0 Å². The number of carbonyl (C=O) groups is 2. The predicted molar refractivity (Wildman–Crippen MR) is 138 cm³/mol. The Morgan fingerprint density at radius 2 is 1.72 bits per heavy atom. The maximum Gasteiger partial charge on any atom is 0.319 e. The fraction of sp³-hybridized carbons (Fsp3) is 0.929. The van der Waals surface area contributed by atoms with Gasteiger partial charge in [0.15, 0.2) is 0 Å². The molecular weight excluding hydrogens is 476 g/mol. The van der Waals surface area contributed by atoms with E-state index in [0.29, 0.717) is 48.0 Å². The lowest BCUT2D eigenvalue weighted by Crippen LogP contribution is -2.54. The Kier molecular flexibility index (Phi) is 8.65. The molecular formula is C28H46N2O5S. The topological polar surface area (TPSA) is 113 Å². The quantitative estimate of drug-likeness (QED) is 0.440. The molecule has 0 aromatic heterocycles. The number of nitrogens with one attached hydrogen (secondary N) is 1. The molecule has 4 fully saturated rings. The maximum atomic E-state index is 12.4. The van der Waals surface area contributed by atoms with E-state index in [1.165, 1.54) is 44.9 Å². The van der Waals surface area contributed by atoms with Crippen LogP contribution in [-0.4, -0.2) is 38.0 Å². The van der Waals surface area contributed by atoms with Gasteiger partial charge < -0.3 is 10.4 Å². The molecule has 0 spiro atoms. The van der Waals surface area contributed by atoms with E-state index >= 15 is 0 Å². The number of aliphatic hydroxyl groups is 1. The lowest BCUT2D eigenvalue weighted by atomic mass is 9.44. The minimum absolute atomic E-state index is 0.00720. The van der Waals surface area contributed by atoms with Gasteiger partial charge in [0.2, 0.25) is 5.91 Å². The molecule has 2 N–H and O–H groups in total. The summed E-state index contributed by atoms with van der Waals surface area (Å²) >= 11 is 0. The van der Waals surface area contributed by atoms with Gasteiger partial charge in [0.25, 0.3) is 5.91 Å². The first-order chi connectivity index (χ1) is 17.0. The summed E-state index contributed by atoms with van der Waals surface area (Å²) in [6.07, 6.45) is 12.8. The predicted octanol–water partition coefficient (Wildman–Crippen LogP) is 4.91. The van der Waals surface area contributed by atoms with Crippen LogP contribution in [0.1, 0.15) is 104 Å². The van der Waals surface area contributed by atoms with E-state index in [0.717, 1.165) is 37.0 Å². The molecule has 7 nitrogen and oxygen atoms in total. The summed E-state index contributed by atoms with van der Waals surface area (Å²) in [7, 11) is -2.71. The van der Waals surface area contributed by atoms with Gasteiger partial charge in [0.05, 0.1) is 6.10 Å². The van der Waals surface area contributed by atoms with E-state index in [4.69, 9.17) is 0 Å². The van der Waals surface area contributed by atoms with Crippen molar-refractivity contribution >= 4 is 22.3 Å². The SMILES string of the molecule is C[C@H](CCC(=O)NCCCC(=O)N=S(=O)=O)[C@H]1CC[C@H]2[C@@H]3CC[C@@H]4C[C@@H](O)CC[C@]4(C)[C@H]3CC[C@]12C. The van der Waals surface area contributed by atoms with Crippen molar-refractivity contribution in [2.75, 3.05) is 6.54 Å². The van der Waals surface area contributed by atoms with Crippen molar-refractivity contribution < 1.29 is 23.1 Å². The lowest BCUT2D eigenvalue weighted by Gasteiger charge is -2.61. The average Bonchev–Trinajstić information content (AvgIpc) is 3.17. The molecule has 0 heterocycles. The third-order valence-electron chi connectivity index (χ3n) is 11.3. The first-order valence-corrected chi connectivity index (χ1v) is 15.4. The van der Waals surface area contributed by atoms with Gasteiger partial charge in [0.1, 0.15) is 0 Å². The first-order valence-electron chi connectivity index (χ1n) is 14.3. The van der Waals surface area contributed by atoms with Gasteiger partial charge in [-0.25, -0.2) is 0 Å². The van der Waals surface area contributed by atoms with Crippen LogP contribution < -0.4 is 5.32 Å². The first kappa shape index (κ1) is 27.7. The molecule has 0 aromatic carbocycles. The summed E-state index contributed by atoms with van der Waals surface area (Å²) in [6.45, 7) is 7.80. The van der Waals surface area contributed by atoms with E-state index in [1.807, 2.05) is 0 Å². The molecule has 4 aliphatic rings. The van der Waals surface area contributed by atoms with Crippen molar-refractivity contribution in [3.8, 4) is 0 Å². The molecule has 204 valence electrons. The number of amides is 2. The zero-order valence-corrected chi connectivity index (χ0v) is 23.2. The molecule has 2 amide bonds. The second kappa shape index (κ2) is 11.2. The molecule has 36 heavy (non-hydrogen) atoms. The zero-order valence-electron chi connectivity index (χ0n) is 22.4. The van der Waals surface area contributed by atoms with Crippen molar-refractivity contribution in [1.29, 1.82) is 0 Å². The molecule has 4 rings (SSSR count). The van der Waals surface area contributed by atoms with Crippen LogP contribution in [0.3, 0.4) is 0 Å². The average molecular weight is 523 g/mol. The number of nitrogens with zero attached hydrogens (tertiary/aromatic N) is 1. The van der Waals surface area contributed by atoms with Crippen LogP contribution in [0, 0.1) is 46.3 Å². The molecule has 0 saturated heterocycles. The molecule has 8 heteroatoms. The standard InChI is InChI=1S/C28H46N2O5S/c1-18(6-11-25(32)29-16-4-5-26(33)30-36(34)35)22-9-10-23-21-8-7-19-17-20(31)12-14-27(19,2)24(21)13-15-28(22,23)3/h18-24,31H,4-17H2,1-3H3,(H,29,32)/t18-,19-,20+,21+,22-,23+,24+,27+,28-/m1/s1. The minimum Gasteiger partial charge on any atom is -0.393 e. The smallest absolute Gasteiger partial charge is 0.319 e. The molecule has 4 aliphatic carbocycles. The van der Waals surface area contributed by atoms with Crippen LogP contribution in [-0.2, 0) is 20.1 Å². The Bertz CT molecular complexity index is 959. The number of carbonyl (C=O) groups excluding carboxylic acids is 2. The van der Waals surface area contributed by atoms with Crippen molar-refractivity contribution in [1.82, 2.24) is 5.32 Å². The highest BCUT2D eigenvalue weighted by atomic mass is 32.2. The molecule has 0 bridgehead atoms. The second-order valence-electron chi connectivity index (χ2n) is 13.0. The van der Waals surface area contributed by atoms with E-state index in [9.17, 15) is 23.1 Å². The third-order valence-corrected chi connectivity index (χ3v) is 11.6. The summed E-state index contributed by atoms with van der Waals surface area (Å²) < 4.78 is 23.8. The fourth-order valence-corrected chi connectivity index (χ4v) is 9.71. The van der Waals surface area contributed by atoms with Crippen molar-refractivity contribution in [3.05, 3.63) is 0 Å². The number of fused-ring (bicyclic) bond motifs is 5. The van der Waals surface area contributed by atoms with E-state index in [-0.39, 0.29) is 18.4 Å². The Balaban J connectivity index is 1.27. The Morgan fingerprint density at radius 3 is 2.47 bits per heavy atom. The molecule has 0 aliphatic heterocycles. The molecule has 0 unspecified atom stereocenters. The molecule has 4 saturated carbocycles. The zero-order chi connectivity index (χ0) is 26.1. The van der Waals surface area contributed by atoms with E-state index in [2.05, 4.69) is 30.5 Å². The van der Waals surface area contributed by atoms with Crippen molar-refractivity contribution in [3.63, 3.8) is 0 Å². The van der Waals surface area contributed by atoms with Gasteiger partial charge in [-0.3, -0.25) is 9.59 Å². The van der Waals surface area contributed by atoms with Crippen LogP contribution in [0.25, 0.3) is 0 Å². The largest absolute Gasteiger partial charge is 0.393 e. The fourth-order valence-electron chi connectivity index (χ4n) is 9.46. The number of rotatable bonds is 8. The Morgan fingerprint density at radius 1 is 1.00 bits per heavy atom. The normalized spacial score (nSPS) is 40.3. The van der Waals surface area contributed by atoms with Crippen LogP contribution in [0.2, 0.25) is 0 Å². The highest BCUT2D eigenvalue weighted by molar-refractivity contribution is 7.62. The van der Waals surface area contributed by atoms with Crippen LogP contribution >= 0.6 is 0 Å². The van der Waals surface area contributed by atoms with Crippen LogP contribution in [0.15, 0.2) is 4.36 Å². The van der Waals surface area contributed by atoms with E-state index < -0.39 is 16.4 Å². The monoisotopic (exact) mass is 522 g/mol. The molecule has 9 atom stereocenters.